The van der Waals surface area contributed by atoms with Gasteiger partial charge in [0, 0.05) is 36.4 Å². The lowest BCUT2D eigenvalue weighted by Crippen LogP contribution is -2.37. The third-order valence-corrected chi connectivity index (χ3v) is 7.48. The number of carbonyl (C=O) groups excluding carboxylic acids is 1. The number of amides is 1. The summed E-state index contributed by atoms with van der Waals surface area (Å²) in [5, 5.41) is 19.0. The van der Waals surface area contributed by atoms with Crippen molar-refractivity contribution >= 4 is 40.0 Å². The molecule has 192 valence electrons. The number of rotatable bonds is 6. The minimum absolute atomic E-state index is 0.0394. The van der Waals surface area contributed by atoms with Crippen molar-refractivity contribution in [3.8, 4) is 17.3 Å². The summed E-state index contributed by atoms with van der Waals surface area (Å²) < 4.78 is 6.16. The standard InChI is InChI=1S/C25H25Cl2N7O3/c1-13(23-17(26)7-28-8-18(23)27)37-15-2-3-19-16(6-15)24(32-31-19)25-29-20-10-34(11-21(20)30-25)22(36)12-33-5-4-14(35)9-33/h2-3,6-8,13-14,35H,4-5,9-12H2,1H3,(H,29,30)(H,31,32)/t13-,14+/m1/s1. The molecule has 1 aromatic carbocycles. The number of nitrogens with one attached hydrogen (secondary N) is 2. The number of hydrogen-bond acceptors (Lipinski definition) is 7. The molecule has 2 aliphatic heterocycles. The van der Waals surface area contributed by atoms with E-state index in [1.807, 2.05) is 30.0 Å². The number of hydrogen-bond donors (Lipinski definition) is 3. The maximum atomic E-state index is 12.7. The Balaban J connectivity index is 1.19. The van der Waals surface area contributed by atoms with E-state index in [0.717, 1.165) is 28.8 Å². The maximum absolute atomic E-state index is 12.7. The first-order chi connectivity index (χ1) is 17.9. The smallest absolute Gasteiger partial charge is 0.237 e. The second kappa shape index (κ2) is 9.60. The van der Waals surface area contributed by atoms with E-state index >= 15 is 0 Å². The zero-order valence-electron chi connectivity index (χ0n) is 20.0. The van der Waals surface area contributed by atoms with Gasteiger partial charge in [-0.15, -0.1) is 0 Å². The molecule has 1 saturated heterocycles. The number of halogens is 2. The number of aliphatic hydroxyl groups excluding tert-OH is 1. The van der Waals surface area contributed by atoms with Crippen molar-refractivity contribution in [3.63, 3.8) is 0 Å². The van der Waals surface area contributed by atoms with E-state index in [9.17, 15) is 9.90 Å². The Morgan fingerprint density at radius 2 is 2.08 bits per heavy atom. The molecule has 0 spiro atoms. The van der Waals surface area contributed by atoms with E-state index in [4.69, 9.17) is 32.9 Å². The summed E-state index contributed by atoms with van der Waals surface area (Å²) in [6.45, 7) is 4.40. The SMILES string of the molecule is C[C@@H](Oc1ccc2[nH]nc(-c3nc4c([nH]3)CN(C(=O)CN3CC[C@H](O)C3)C4)c2c1)c1c(Cl)cncc1Cl. The summed E-state index contributed by atoms with van der Waals surface area (Å²) in [6.07, 6.45) is 3.07. The molecule has 10 nitrogen and oxygen atoms in total. The Hall–Kier alpha value is -3.18. The molecule has 0 bridgehead atoms. The van der Waals surface area contributed by atoms with Crippen molar-refractivity contribution in [1.82, 2.24) is 34.9 Å². The van der Waals surface area contributed by atoms with Crippen LogP contribution in [0, 0.1) is 0 Å². The van der Waals surface area contributed by atoms with Gasteiger partial charge in [-0.1, -0.05) is 23.2 Å². The van der Waals surface area contributed by atoms with E-state index < -0.39 is 6.10 Å². The highest BCUT2D eigenvalue weighted by Crippen LogP contribution is 2.35. The first-order valence-electron chi connectivity index (χ1n) is 12.1. The van der Waals surface area contributed by atoms with Crippen LogP contribution in [0.4, 0.5) is 0 Å². The van der Waals surface area contributed by atoms with Crippen molar-refractivity contribution < 1.29 is 14.6 Å². The van der Waals surface area contributed by atoms with Gasteiger partial charge in [0.25, 0.3) is 0 Å². The van der Waals surface area contributed by atoms with Crippen LogP contribution in [0.25, 0.3) is 22.4 Å². The zero-order valence-corrected chi connectivity index (χ0v) is 21.6. The third-order valence-electron chi connectivity index (χ3n) is 6.88. The number of imidazole rings is 1. The molecule has 0 aliphatic carbocycles. The third kappa shape index (κ3) is 4.66. The molecule has 12 heteroatoms. The number of H-pyrrole nitrogens is 2. The fraction of sp³-hybridized carbons (Fsp3) is 0.360. The first kappa shape index (κ1) is 24.2. The van der Waals surface area contributed by atoms with Gasteiger partial charge >= 0.3 is 0 Å². The lowest BCUT2D eigenvalue weighted by Gasteiger charge is -2.20. The molecular formula is C25H25Cl2N7O3. The molecule has 37 heavy (non-hydrogen) atoms. The summed E-state index contributed by atoms with van der Waals surface area (Å²) in [6, 6.07) is 5.66. The van der Waals surface area contributed by atoms with Gasteiger partial charge in [0.1, 0.15) is 17.5 Å². The average Bonchev–Trinajstić information content (AvgIpc) is 3.62. The number of aliphatic hydroxyl groups is 1. The summed E-state index contributed by atoms with van der Waals surface area (Å²) in [5.41, 5.74) is 3.93. The molecule has 5 heterocycles. The molecule has 0 unspecified atom stereocenters. The quantitative estimate of drug-likeness (QED) is 0.340. The Kier molecular flexibility index (Phi) is 6.28. The first-order valence-corrected chi connectivity index (χ1v) is 12.8. The molecule has 2 aliphatic rings. The summed E-state index contributed by atoms with van der Waals surface area (Å²) in [4.78, 5) is 28.6. The second-order valence-corrected chi connectivity index (χ2v) is 10.3. The number of carbonyl (C=O) groups is 1. The van der Waals surface area contributed by atoms with Crippen LogP contribution in [0.15, 0.2) is 30.6 Å². The lowest BCUT2D eigenvalue weighted by atomic mass is 10.1. The Morgan fingerprint density at radius 1 is 1.27 bits per heavy atom. The van der Waals surface area contributed by atoms with Crippen LogP contribution in [0.5, 0.6) is 5.75 Å². The highest BCUT2D eigenvalue weighted by atomic mass is 35.5. The molecular weight excluding hydrogens is 517 g/mol. The molecule has 0 radical (unpaired) electrons. The fourth-order valence-electron chi connectivity index (χ4n) is 4.99. The number of fused-ring (bicyclic) bond motifs is 2. The molecule has 2 atom stereocenters. The predicted octanol–water partition coefficient (Wildman–Crippen LogP) is 3.70. The van der Waals surface area contributed by atoms with Crippen LogP contribution in [0.2, 0.25) is 10.0 Å². The summed E-state index contributed by atoms with van der Waals surface area (Å²) in [5.74, 6) is 1.31. The van der Waals surface area contributed by atoms with Crippen molar-refractivity contribution in [2.75, 3.05) is 19.6 Å². The van der Waals surface area contributed by atoms with Crippen LogP contribution in [-0.4, -0.2) is 71.7 Å². The average molecular weight is 542 g/mol. The summed E-state index contributed by atoms with van der Waals surface area (Å²) in [7, 11) is 0. The van der Waals surface area contributed by atoms with Crippen molar-refractivity contribution in [1.29, 1.82) is 0 Å². The van der Waals surface area contributed by atoms with E-state index in [1.54, 1.807) is 17.3 Å². The van der Waals surface area contributed by atoms with Crippen LogP contribution >= 0.6 is 23.2 Å². The van der Waals surface area contributed by atoms with Gasteiger partial charge in [-0.25, -0.2) is 4.98 Å². The Morgan fingerprint density at radius 3 is 2.81 bits per heavy atom. The summed E-state index contributed by atoms with van der Waals surface area (Å²) >= 11 is 12.6. The largest absolute Gasteiger partial charge is 0.486 e. The van der Waals surface area contributed by atoms with Gasteiger partial charge in [-0.05, 0) is 31.5 Å². The minimum Gasteiger partial charge on any atom is -0.486 e. The maximum Gasteiger partial charge on any atom is 0.237 e. The highest BCUT2D eigenvalue weighted by Gasteiger charge is 2.30. The number of pyridine rings is 1. The lowest BCUT2D eigenvalue weighted by molar-refractivity contribution is -0.132. The number of aromatic amines is 2. The number of likely N-dealkylation sites (tertiary alicyclic amines) is 1. The number of nitrogens with zero attached hydrogens (tertiary/aromatic N) is 5. The number of benzene rings is 1. The van der Waals surface area contributed by atoms with Gasteiger partial charge in [0.15, 0.2) is 5.82 Å². The van der Waals surface area contributed by atoms with Gasteiger partial charge in [-0.2, -0.15) is 5.10 Å². The molecule has 1 fully saturated rings. The number of aromatic nitrogens is 5. The van der Waals surface area contributed by atoms with Crippen molar-refractivity contribution in [2.24, 2.45) is 0 Å². The van der Waals surface area contributed by atoms with E-state index in [-0.39, 0.29) is 12.0 Å². The van der Waals surface area contributed by atoms with Crippen LogP contribution in [0.1, 0.15) is 36.4 Å². The molecule has 3 aromatic heterocycles. The van der Waals surface area contributed by atoms with E-state index in [1.165, 1.54) is 0 Å². The van der Waals surface area contributed by atoms with Crippen LogP contribution < -0.4 is 4.74 Å². The monoisotopic (exact) mass is 541 g/mol. The molecule has 0 saturated carbocycles. The van der Waals surface area contributed by atoms with Crippen molar-refractivity contribution in [2.45, 2.75) is 38.6 Å². The second-order valence-electron chi connectivity index (χ2n) is 9.49. The van der Waals surface area contributed by atoms with Gasteiger partial charge in [-0.3, -0.25) is 19.8 Å². The Labute approximate surface area is 222 Å². The highest BCUT2D eigenvalue weighted by molar-refractivity contribution is 6.35. The fourth-order valence-corrected chi connectivity index (χ4v) is 5.66. The normalized spacial score (nSPS) is 18.5. The van der Waals surface area contributed by atoms with Crippen molar-refractivity contribution in [3.05, 3.63) is 57.6 Å². The molecule has 4 aromatic rings. The molecule has 1 amide bonds. The van der Waals surface area contributed by atoms with E-state index in [2.05, 4.69) is 20.2 Å². The topological polar surface area (TPSA) is 123 Å². The molecule has 3 N–H and O–H groups in total. The van der Waals surface area contributed by atoms with Gasteiger partial charge in [0.05, 0.1) is 52.7 Å². The number of β-amino-alcohol motifs (C(OH)–C–C–N with tert-alkyl or cyclic N) is 1. The van der Waals surface area contributed by atoms with E-state index in [0.29, 0.717) is 65.5 Å². The van der Waals surface area contributed by atoms with Crippen LogP contribution in [0.3, 0.4) is 0 Å². The van der Waals surface area contributed by atoms with Crippen LogP contribution in [-0.2, 0) is 17.9 Å². The Bertz CT molecular complexity index is 1440. The minimum atomic E-state index is -0.393. The number of ether oxygens (including phenoxy) is 1. The van der Waals surface area contributed by atoms with Gasteiger partial charge in [0.2, 0.25) is 5.91 Å². The molecule has 6 rings (SSSR count). The predicted molar refractivity (Wildman–Crippen MR) is 138 cm³/mol. The zero-order chi connectivity index (χ0) is 25.7. The van der Waals surface area contributed by atoms with Gasteiger partial charge < -0.3 is 19.7 Å².